The lowest BCUT2D eigenvalue weighted by atomic mass is 10.2. The molecule has 0 amide bonds. The molecule has 1 saturated heterocycles. The van der Waals surface area contributed by atoms with Crippen molar-refractivity contribution in [1.29, 1.82) is 0 Å². The zero-order valence-corrected chi connectivity index (χ0v) is 12.6. The molecular weight excluding hydrogens is 278 g/mol. The van der Waals surface area contributed by atoms with Crippen molar-refractivity contribution < 1.29 is 4.92 Å². The van der Waals surface area contributed by atoms with E-state index in [0.717, 1.165) is 31.9 Å². The van der Waals surface area contributed by atoms with Crippen molar-refractivity contribution in [2.24, 2.45) is 0 Å². The van der Waals surface area contributed by atoms with Crippen LogP contribution < -0.4 is 9.80 Å². The Labute approximate surface area is 129 Å². The van der Waals surface area contributed by atoms with Gasteiger partial charge in [-0.05, 0) is 30.7 Å². The fourth-order valence-electron chi connectivity index (χ4n) is 2.85. The standard InChI is InChI=1S/C17H19N3O2/c1-14-4-2-5-15(12-14)18-8-10-19(11-9-18)16-6-3-7-17(13-16)20(21)22/h2-7,12-13H,8-11H2,1H3. The zero-order valence-electron chi connectivity index (χ0n) is 12.6. The first-order valence-electron chi connectivity index (χ1n) is 7.44. The number of anilines is 2. The van der Waals surface area contributed by atoms with Gasteiger partial charge in [-0.15, -0.1) is 0 Å². The molecule has 1 aliphatic heterocycles. The average Bonchev–Trinajstić information content (AvgIpc) is 2.55. The maximum Gasteiger partial charge on any atom is 0.271 e. The third-order valence-electron chi connectivity index (χ3n) is 4.05. The Bertz CT molecular complexity index is 679. The van der Waals surface area contributed by atoms with Crippen LogP contribution in [0.1, 0.15) is 5.56 Å². The summed E-state index contributed by atoms with van der Waals surface area (Å²) in [5.74, 6) is 0. The van der Waals surface area contributed by atoms with Gasteiger partial charge in [-0.1, -0.05) is 18.2 Å². The molecule has 0 saturated carbocycles. The molecule has 5 heteroatoms. The Kier molecular flexibility index (Phi) is 3.96. The van der Waals surface area contributed by atoms with Crippen LogP contribution in [0.25, 0.3) is 0 Å². The molecule has 1 aliphatic rings. The number of non-ortho nitro benzene ring substituents is 1. The van der Waals surface area contributed by atoms with Gasteiger partial charge in [-0.25, -0.2) is 0 Å². The molecule has 0 N–H and O–H groups in total. The van der Waals surface area contributed by atoms with Crippen LogP contribution in [0, 0.1) is 17.0 Å². The van der Waals surface area contributed by atoms with Crippen molar-refractivity contribution in [1.82, 2.24) is 0 Å². The maximum atomic E-state index is 10.9. The molecule has 114 valence electrons. The normalized spacial score (nSPS) is 15.0. The van der Waals surface area contributed by atoms with E-state index in [0.29, 0.717) is 0 Å². The highest BCUT2D eigenvalue weighted by Gasteiger charge is 2.19. The summed E-state index contributed by atoms with van der Waals surface area (Å²) in [5, 5.41) is 10.9. The first-order valence-corrected chi connectivity index (χ1v) is 7.44. The number of hydrogen-bond acceptors (Lipinski definition) is 4. The summed E-state index contributed by atoms with van der Waals surface area (Å²) in [6.07, 6.45) is 0. The van der Waals surface area contributed by atoms with E-state index in [9.17, 15) is 10.1 Å². The van der Waals surface area contributed by atoms with Crippen LogP contribution in [0.5, 0.6) is 0 Å². The molecule has 3 rings (SSSR count). The Morgan fingerprint density at radius 2 is 1.45 bits per heavy atom. The quantitative estimate of drug-likeness (QED) is 0.644. The van der Waals surface area contributed by atoms with E-state index >= 15 is 0 Å². The summed E-state index contributed by atoms with van der Waals surface area (Å²) in [4.78, 5) is 15.1. The van der Waals surface area contributed by atoms with Gasteiger partial charge in [0.05, 0.1) is 4.92 Å². The summed E-state index contributed by atoms with van der Waals surface area (Å²) in [6.45, 7) is 5.69. The fraction of sp³-hybridized carbons (Fsp3) is 0.294. The van der Waals surface area contributed by atoms with Crippen LogP contribution in [-0.2, 0) is 0 Å². The first-order chi connectivity index (χ1) is 10.6. The Morgan fingerprint density at radius 3 is 2.00 bits per heavy atom. The number of hydrogen-bond donors (Lipinski definition) is 0. The molecule has 5 nitrogen and oxygen atoms in total. The highest BCUT2D eigenvalue weighted by Crippen LogP contribution is 2.24. The molecule has 0 spiro atoms. The van der Waals surface area contributed by atoms with E-state index in [-0.39, 0.29) is 10.6 Å². The minimum Gasteiger partial charge on any atom is -0.368 e. The van der Waals surface area contributed by atoms with E-state index in [4.69, 9.17) is 0 Å². The second-order valence-electron chi connectivity index (χ2n) is 5.59. The lowest BCUT2D eigenvalue weighted by molar-refractivity contribution is -0.384. The van der Waals surface area contributed by atoms with Gasteiger partial charge in [0.1, 0.15) is 0 Å². The Morgan fingerprint density at radius 1 is 0.909 bits per heavy atom. The van der Waals surface area contributed by atoms with Gasteiger partial charge in [0.25, 0.3) is 5.69 Å². The highest BCUT2D eigenvalue weighted by molar-refractivity contribution is 5.55. The molecular formula is C17H19N3O2. The topological polar surface area (TPSA) is 49.6 Å². The summed E-state index contributed by atoms with van der Waals surface area (Å²) in [6, 6.07) is 15.4. The van der Waals surface area contributed by atoms with Crippen molar-refractivity contribution in [3.8, 4) is 0 Å². The van der Waals surface area contributed by atoms with Crippen LogP contribution >= 0.6 is 0 Å². The second kappa shape index (κ2) is 6.05. The molecule has 0 atom stereocenters. The van der Waals surface area contributed by atoms with Crippen molar-refractivity contribution in [2.45, 2.75) is 6.92 Å². The third-order valence-corrected chi connectivity index (χ3v) is 4.05. The van der Waals surface area contributed by atoms with E-state index in [2.05, 4.69) is 41.0 Å². The molecule has 0 aromatic heterocycles. The van der Waals surface area contributed by atoms with Gasteiger partial charge in [-0.3, -0.25) is 10.1 Å². The van der Waals surface area contributed by atoms with Gasteiger partial charge in [0.15, 0.2) is 0 Å². The third kappa shape index (κ3) is 3.03. The second-order valence-corrected chi connectivity index (χ2v) is 5.59. The largest absolute Gasteiger partial charge is 0.368 e. The molecule has 0 bridgehead atoms. The van der Waals surface area contributed by atoms with Gasteiger partial charge in [0, 0.05) is 49.7 Å². The smallest absolute Gasteiger partial charge is 0.271 e. The molecule has 22 heavy (non-hydrogen) atoms. The number of nitro benzene ring substituents is 1. The molecule has 0 aliphatic carbocycles. The summed E-state index contributed by atoms with van der Waals surface area (Å²) in [5.41, 5.74) is 3.59. The molecule has 0 unspecified atom stereocenters. The minimum absolute atomic E-state index is 0.151. The molecule has 1 fully saturated rings. The Hall–Kier alpha value is -2.56. The van der Waals surface area contributed by atoms with Crippen molar-refractivity contribution in [2.75, 3.05) is 36.0 Å². The van der Waals surface area contributed by atoms with Crippen molar-refractivity contribution in [3.63, 3.8) is 0 Å². The van der Waals surface area contributed by atoms with Crippen LogP contribution in [0.4, 0.5) is 17.1 Å². The van der Waals surface area contributed by atoms with Crippen LogP contribution in [0.3, 0.4) is 0 Å². The first kappa shape index (κ1) is 14.4. The van der Waals surface area contributed by atoms with Crippen LogP contribution in [-0.4, -0.2) is 31.1 Å². The number of benzene rings is 2. The molecule has 1 heterocycles. The molecule has 0 radical (unpaired) electrons. The van der Waals surface area contributed by atoms with Gasteiger partial charge in [0.2, 0.25) is 0 Å². The maximum absolute atomic E-state index is 10.9. The molecule has 2 aromatic rings. The summed E-state index contributed by atoms with van der Waals surface area (Å²) >= 11 is 0. The number of rotatable bonds is 3. The SMILES string of the molecule is Cc1cccc(N2CCN(c3cccc([N+](=O)[O-])c3)CC2)c1. The number of aryl methyl sites for hydroxylation is 1. The lowest BCUT2D eigenvalue weighted by Gasteiger charge is -2.37. The van der Waals surface area contributed by atoms with E-state index < -0.39 is 0 Å². The number of nitro groups is 1. The van der Waals surface area contributed by atoms with Crippen LogP contribution in [0.15, 0.2) is 48.5 Å². The van der Waals surface area contributed by atoms with Crippen LogP contribution in [0.2, 0.25) is 0 Å². The Balaban J connectivity index is 1.69. The summed E-state index contributed by atoms with van der Waals surface area (Å²) < 4.78 is 0. The zero-order chi connectivity index (χ0) is 15.5. The summed E-state index contributed by atoms with van der Waals surface area (Å²) in [7, 11) is 0. The monoisotopic (exact) mass is 297 g/mol. The van der Waals surface area contributed by atoms with Crippen molar-refractivity contribution >= 4 is 17.1 Å². The predicted octanol–water partition coefficient (Wildman–Crippen LogP) is 3.23. The van der Waals surface area contributed by atoms with Crippen molar-refractivity contribution in [3.05, 3.63) is 64.2 Å². The van der Waals surface area contributed by atoms with E-state index in [1.54, 1.807) is 12.1 Å². The number of nitrogens with zero attached hydrogens (tertiary/aromatic N) is 3. The van der Waals surface area contributed by atoms with Gasteiger partial charge >= 0.3 is 0 Å². The number of piperazine rings is 1. The minimum atomic E-state index is -0.341. The predicted molar refractivity (Wildman–Crippen MR) is 88.7 cm³/mol. The highest BCUT2D eigenvalue weighted by atomic mass is 16.6. The lowest BCUT2D eigenvalue weighted by Crippen LogP contribution is -2.46. The van der Waals surface area contributed by atoms with Gasteiger partial charge in [-0.2, -0.15) is 0 Å². The average molecular weight is 297 g/mol. The molecule has 2 aromatic carbocycles. The van der Waals surface area contributed by atoms with E-state index in [1.165, 1.54) is 17.3 Å². The van der Waals surface area contributed by atoms with Gasteiger partial charge < -0.3 is 9.80 Å². The van der Waals surface area contributed by atoms with E-state index in [1.807, 2.05) is 6.07 Å². The fourth-order valence-corrected chi connectivity index (χ4v) is 2.85.